The predicted octanol–water partition coefficient (Wildman–Crippen LogP) is 3.02. The Hall–Kier alpha value is -2.20. The molecule has 3 N–H and O–H groups in total. The number of carbonyl (C=O) groups is 1. The maximum absolute atomic E-state index is 12.8. The number of halogens is 2. The highest BCUT2D eigenvalue weighted by atomic mass is 35.5. The van der Waals surface area contributed by atoms with Crippen LogP contribution in [0.15, 0.2) is 53.7 Å². The molecule has 0 aromatic heterocycles. The summed E-state index contributed by atoms with van der Waals surface area (Å²) in [4.78, 5) is 12.1. The summed E-state index contributed by atoms with van der Waals surface area (Å²) in [5.41, 5.74) is 7.38. The predicted molar refractivity (Wildman–Crippen MR) is 75.4 cm³/mol. The number of carbonyl (C=O) groups excluding carboxylic acids is 1. The molecule has 98 valence electrons. The summed E-state index contributed by atoms with van der Waals surface area (Å²) in [5, 5.41) is 6.91. The summed E-state index contributed by atoms with van der Waals surface area (Å²) in [7, 11) is 0. The van der Waals surface area contributed by atoms with Crippen LogP contribution >= 0.6 is 11.6 Å². The van der Waals surface area contributed by atoms with Gasteiger partial charge in [0, 0.05) is 23.0 Å². The zero-order valence-electron chi connectivity index (χ0n) is 9.99. The Labute approximate surface area is 115 Å². The molecule has 0 unspecified atom stereocenters. The first-order chi connectivity index (χ1) is 9.01. The summed E-state index contributed by atoms with van der Waals surface area (Å²) in [6, 6.07) is 5.35. The number of nitrogens with two attached hydrogens (primary N) is 1. The van der Waals surface area contributed by atoms with Gasteiger partial charge in [0.1, 0.15) is 5.82 Å². The molecule has 0 saturated carbocycles. The van der Waals surface area contributed by atoms with Crippen LogP contribution in [-0.4, -0.2) is 12.0 Å². The highest BCUT2D eigenvalue weighted by molar-refractivity contribution is 6.35. The summed E-state index contributed by atoms with van der Waals surface area (Å²) < 4.78 is 12.8. The molecular weight excluding hydrogens is 267 g/mol. The first-order valence-electron chi connectivity index (χ1n) is 5.27. The maximum atomic E-state index is 12.8. The van der Waals surface area contributed by atoms with Gasteiger partial charge in [0.25, 0.3) is 0 Å². The third-order valence-corrected chi connectivity index (χ3v) is 2.61. The highest BCUT2D eigenvalue weighted by Gasteiger charge is 2.16. The van der Waals surface area contributed by atoms with Gasteiger partial charge in [-0.15, -0.1) is 0 Å². The fourth-order valence-corrected chi connectivity index (χ4v) is 1.59. The van der Waals surface area contributed by atoms with Gasteiger partial charge in [0.2, 0.25) is 0 Å². The molecule has 3 nitrogen and oxygen atoms in total. The van der Waals surface area contributed by atoms with E-state index in [0.717, 1.165) is 11.7 Å². The van der Waals surface area contributed by atoms with Crippen LogP contribution in [0.4, 0.5) is 4.39 Å². The third-order valence-electron chi connectivity index (χ3n) is 2.39. The molecule has 1 rings (SSSR count). The largest absolute Gasteiger partial charge is 0.398 e. The minimum atomic E-state index is -0.475. The van der Waals surface area contributed by atoms with Crippen molar-refractivity contribution in [2.45, 2.75) is 0 Å². The number of nitrogens with one attached hydrogen (secondary N) is 1. The van der Waals surface area contributed by atoms with E-state index >= 15 is 0 Å². The van der Waals surface area contributed by atoms with Gasteiger partial charge in [-0.25, -0.2) is 4.39 Å². The van der Waals surface area contributed by atoms with Crippen molar-refractivity contribution >= 4 is 29.2 Å². The van der Waals surface area contributed by atoms with Crippen LogP contribution in [0.5, 0.6) is 0 Å². The Morgan fingerprint density at radius 2 is 1.95 bits per heavy atom. The first kappa shape index (κ1) is 14.9. The summed E-state index contributed by atoms with van der Waals surface area (Å²) >= 11 is 5.57. The summed E-state index contributed by atoms with van der Waals surface area (Å²) in [5.74, 6) is -0.877. The molecule has 0 aliphatic rings. The Morgan fingerprint density at radius 1 is 1.37 bits per heavy atom. The number of benzene rings is 1. The Morgan fingerprint density at radius 3 is 2.42 bits per heavy atom. The minimum Gasteiger partial charge on any atom is -0.398 e. The average molecular weight is 279 g/mol. The second-order valence-corrected chi connectivity index (χ2v) is 3.84. The molecule has 0 heterocycles. The van der Waals surface area contributed by atoms with Gasteiger partial charge in [0.05, 0.1) is 5.57 Å². The molecule has 0 amide bonds. The molecule has 0 aliphatic carbocycles. The van der Waals surface area contributed by atoms with Crippen LogP contribution in [0.1, 0.15) is 5.56 Å². The SMILES string of the molecule is C=C(C(=O)C(=C\Cl)/C(N)=C\C=N)c1ccc(F)cc1. The number of hydrogen-bond acceptors (Lipinski definition) is 3. The number of allylic oxidation sites excluding steroid dienone is 3. The van der Waals surface area contributed by atoms with Crippen molar-refractivity contribution in [3.05, 3.63) is 65.1 Å². The van der Waals surface area contributed by atoms with Crippen molar-refractivity contribution in [1.29, 1.82) is 5.41 Å². The third kappa shape index (κ3) is 3.63. The molecule has 0 radical (unpaired) electrons. The van der Waals surface area contributed by atoms with Crippen molar-refractivity contribution in [1.82, 2.24) is 0 Å². The highest BCUT2D eigenvalue weighted by Crippen LogP contribution is 2.20. The van der Waals surface area contributed by atoms with E-state index < -0.39 is 11.6 Å². The number of rotatable bonds is 5. The van der Waals surface area contributed by atoms with Gasteiger partial charge >= 0.3 is 0 Å². The lowest BCUT2D eigenvalue weighted by atomic mass is 9.97. The van der Waals surface area contributed by atoms with Gasteiger partial charge in [0.15, 0.2) is 5.78 Å². The van der Waals surface area contributed by atoms with Crippen molar-refractivity contribution in [2.24, 2.45) is 5.73 Å². The Balaban J connectivity index is 3.05. The molecule has 5 heteroatoms. The summed E-state index contributed by atoms with van der Waals surface area (Å²) in [6.07, 6.45) is 2.19. The van der Waals surface area contributed by atoms with Crippen LogP contribution in [0.3, 0.4) is 0 Å². The van der Waals surface area contributed by atoms with E-state index in [0.29, 0.717) is 5.56 Å². The molecule has 0 saturated heterocycles. The Bertz CT molecular complexity index is 574. The first-order valence-corrected chi connectivity index (χ1v) is 5.71. The van der Waals surface area contributed by atoms with Crippen LogP contribution in [-0.2, 0) is 4.79 Å². The average Bonchev–Trinajstić information content (AvgIpc) is 2.39. The Kier molecular flexibility index (Phi) is 5.21. The van der Waals surface area contributed by atoms with Crippen LogP contribution in [0.25, 0.3) is 5.57 Å². The van der Waals surface area contributed by atoms with Crippen molar-refractivity contribution in [2.75, 3.05) is 0 Å². The molecule has 0 fully saturated rings. The van der Waals surface area contributed by atoms with Gasteiger partial charge in [-0.1, -0.05) is 30.3 Å². The van der Waals surface area contributed by atoms with Crippen LogP contribution < -0.4 is 5.73 Å². The molecule has 0 bridgehead atoms. The second-order valence-electron chi connectivity index (χ2n) is 3.63. The standard InChI is InChI=1S/C14H12ClFN2O/c1-9(10-2-4-11(16)5-3-10)14(19)12(8-15)13(18)6-7-17/h2-8,17H,1,18H2/b12-8-,13-6+,17-7?. The molecule has 1 aromatic carbocycles. The van der Waals surface area contributed by atoms with Gasteiger partial charge in [-0.2, -0.15) is 0 Å². The smallest absolute Gasteiger partial charge is 0.195 e. The van der Waals surface area contributed by atoms with Crippen molar-refractivity contribution < 1.29 is 9.18 Å². The van der Waals surface area contributed by atoms with E-state index in [9.17, 15) is 9.18 Å². The zero-order chi connectivity index (χ0) is 14.4. The van der Waals surface area contributed by atoms with Gasteiger partial charge in [-0.05, 0) is 23.8 Å². The molecule has 0 atom stereocenters. The van der Waals surface area contributed by atoms with Gasteiger partial charge in [-0.3, -0.25) is 4.79 Å². The van der Waals surface area contributed by atoms with E-state index in [4.69, 9.17) is 22.7 Å². The normalized spacial score (nSPS) is 12.1. The lowest BCUT2D eigenvalue weighted by Crippen LogP contribution is -2.12. The topological polar surface area (TPSA) is 66.9 Å². The van der Waals surface area contributed by atoms with Gasteiger partial charge < -0.3 is 11.1 Å². The number of Topliss-reactive ketones (excluding diaryl/α,β-unsaturated/α-hetero) is 1. The van der Waals surface area contributed by atoms with E-state index in [2.05, 4.69) is 6.58 Å². The van der Waals surface area contributed by atoms with E-state index in [1.807, 2.05) is 0 Å². The number of hydrogen-bond donors (Lipinski definition) is 2. The lowest BCUT2D eigenvalue weighted by molar-refractivity contribution is -0.110. The van der Waals surface area contributed by atoms with E-state index in [1.165, 1.54) is 30.3 Å². The van der Waals surface area contributed by atoms with Crippen LogP contribution in [0, 0.1) is 11.2 Å². The zero-order valence-corrected chi connectivity index (χ0v) is 10.7. The molecular formula is C14H12ClFN2O. The number of ketones is 1. The minimum absolute atomic E-state index is 0.0412. The van der Waals surface area contributed by atoms with Crippen molar-refractivity contribution in [3.63, 3.8) is 0 Å². The maximum Gasteiger partial charge on any atom is 0.195 e. The van der Waals surface area contributed by atoms with Crippen molar-refractivity contribution in [3.8, 4) is 0 Å². The monoisotopic (exact) mass is 278 g/mol. The molecule has 19 heavy (non-hydrogen) atoms. The quantitative estimate of drug-likeness (QED) is 0.494. The van der Waals surface area contributed by atoms with Crippen LogP contribution in [0.2, 0.25) is 0 Å². The fraction of sp³-hybridized carbons (Fsp3) is 0. The molecule has 0 aliphatic heterocycles. The lowest BCUT2D eigenvalue weighted by Gasteiger charge is -2.08. The second kappa shape index (κ2) is 6.66. The summed E-state index contributed by atoms with van der Waals surface area (Å²) in [6.45, 7) is 3.65. The fourth-order valence-electron chi connectivity index (χ4n) is 1.37. The van der Waals surface area contributed by atoms with E-state index in [-0.39, 0.29) is 16.8 Å². The molecule has 0 spiro atoms. The molecule has 1 aromatic rings. The van der Waals surface area contributed by atoms with E-state index in [1.54, 1.807) is 0 Å².